The normalized spacial score (nSPS) is 15.9. The van der Waals surface area contributed by atoms with Crippen LogP contribution in [0.1, 0.15) is 10.4 Å². The number of carbonyl (C=O) groups is 1. The summed E-state index contributed by atoms with van der Waals surface area (Å²) in [6.45, 7) is 2.54. The largest absolute Gasteiger partial charge is 0.545 e. The van der Waals surface area contributed by atoms with Gasteiger partial charge in [0.05, 0.1) is 24.7 Å². The summed E-state index contributed by atoms with van der Waals surface area (Å²) in [6, 6.07) is 0. The number of carbonyl (C=O) groups excluding carboxylic acids is 1. The number of aromatic nitrogens is 4. The number of ether oxygens (including phenoxy) is 1. The molecule has 0 aromatic carbocycles. The van der Waals surface area contributed by atoms with E-state index in [1.54, 1.807) is 0 Å². The number of carboxylic acid groups (broad SMARTS) is 1. The number of nitrogens with two attached hydrogens (primary N) is 1. The average Bonchev–Trinajstić information content (AvgIpc) is 2.85. The number of rotatable bonds is 2. The number of morpholine rings is 1. The Hall–Kier alpha value is -2.42. The molecule has 0 radical (unpaired) electrons. The number of hydrogen-bond donors (Lipinski definition) is 1. The number of aromatic carboxylic acids is 1. The first kappa shape index (κ1) is 11.7. The Bertz CT molecular complexity index is 633. The van der Waals surface area contributed by atoms with Gasteiger partial charge in [0, 0.05) is 19.3 Å². The molecule has 0 aliphatic carbocycles. The monoisotopic (exact) mass is 263 g/mol. The zero-order valence-electron chi connectivity index (χ0n) is 9.94. The van der Waals surface area contributed by atoms with Crippen LogP contribution in [-0.2, 0) is 4.74 Å². The van der Waals surface area contributed by atoms with E-state index < -0.39 is 5.97 Å². The van der Waals surface area contributed by atoms with Crippen LogP contribution < -0.4 is 15.7 Å². The van der Waals surface area contributed by atoms with E-state index in [1.807, 2.05) is 4.90 Å². The molecule has 3 heterocycles. The maximum absolute atomic E-state index is 10.9. The number of nitrogen functional groups attached to an aromatic ring is 1. The molecule has 1 aliphatic heterocycles. The van der Waals surface area contributed by atoms with Crippen LogP contribution in [0.25, 0.3) is 5.78 Å². The van der Waals surface area contributed by atoms with E-state index in [1.165, 1.54) is 4.52 Å². The number of nitrogens with zero attached hydrogens (tertiary/aromatic N) is 5. The van der Waals surface area contributed by atoms with Crippen LogP contribution in [0.3, 0.4) is 0 Å². The quantitative estimate of drug-likeness (QED) is 0.654. The van der Waals surface area contributed by atoms with Crippen LogP contribution in [0, 0.1) is 0 Å². The molecule has 100 valence electrons. The number of carboxylic acids is 1. The lowest BCUT2D eigenvalue weighted by Gasteiger charge is -2.25. The van der Waals surface area contributed by atoms with Crippen molar-refractivity contribution in [2.75, 3.05) is 36.9 Å². The van der Waals surface area contributed by atoms with Gasteiger partial charge in [-0.3, -0.25) is 0 Å². The van der Waals surface area contributed by atoms with Crippen molar-refractivity contribution in [2.45, 2.75) is 0 Å². The molecule has 0 saturated carbocycles. The van der Waals surface area contributed by atoms with Gasteiger partial charge in [0.2, 0.25) is 5.95 Å². The summed E-state index contributed by atoms with van der Waals surface area (Å²) in [5.41, 5.74) is 5.52. The van der Waals surface area contributed by atoms with Gasteiger partial charge >= 0.3 is 0 Å². The van der Waals surface area contributed by atoms with E-state index in [-0.39, 0.29) is 17.2 Å². The highest BCUT2D eigenvalue weighted by Crippen LogP contribution is 2.15. The summed E-state index contributed by atoms with van der Waals surface area (Å²) in [7, 11) is 0. The first-order chi connectivity index (χ1) is 9.16. The number of anilines is 2. The molecule has 2 aromatic heterocycles. The van der Waals surface area contributed by atoms with Crippen LogP contribution in [0.5, 0.6) is 0 Å². The zero-order chi connectivity index (χ0) is 13.4. The van der Waals surface area contributed by atoms with Crippen LogP contribution in [0.2, 0.25) is 0 Å². The minimum absolute atomic E-state index is 0.0444. The van der Waals surface area contributed by atoms with E-state index in [2.05, 4.69) is 15.1 Å². The Labute approximate surface area is 107 Å². The van der Waals surface area contributed by atoms with Crippen molar-refractivity contribution >= 4 is 23.5 Å². The number of hydrogen-bond acceptors (Lipinski definition) is 8. The van der Waals surface area contributed by atoms with Gasteiger partial charge in [0.1, 0.15) is 5.82 Å². The smallest absolute Gasteiger partial charge is 0.255 e. The second-order valence-corrected chi connectivity index (χ2v) is 4.07. The first-order valence-electron chi connectivity index (χ1n) is 5.72. The van der Waals surface area contributed by atoms with Gasteiger partial charge in [-0.05, 0) is 0 Å². The molecule has 0 spiro atoms. The highest BCUT2D eigenvalue weighted by Gasteiger charge is 2.18. The molecule has 2 N–H and O–H groups in total. The Morgan fingerprint density at radius 1 is 1.42 bits per heavy atom. The molecule has 0 amide bonds. The van der Waals surface area contributed by atoms with Gasteiger partial charge in [0.25, 0.3) is 5.78 Å². The summed E-state index contributed by atoms with van der Waals surface area (Å²) in [6.07, 6.45) is 1.12. The highest BCUT2D eigenvalue weighted by molar-refractivity contribution is 5.91. The van der Waals surface area contributed by atoms with Crippen LogP contribution in [0.15, 0.2) is 6.20 Å². The van der Waals surface area contributed by atoms with Crippen molar-refractivity contribution in [1.29, 1.82) is 0 Å². The third-order valence-electron chi connectivity index (χ3n) is 2.91. The Balaban J connectivity index is 2.05. The lowest BCUT2D eigenvalue weighted by molar-refractivity contribution is -0.255. The lowest BCUT2D eigenvalue weighted by atomic mass is 10.3. The van der Waals surface area contributed by atoms with E-state index in [0.29, 0.717) is 32.3 Å². The molecule has 1 fully saturated rings. The van der Waals surface area contributed by atoms with E-state index in [9.17, 15) is 9.90 Å². The lowest BCUT2D eigenvalue weighted by Crippen LogP contribution is -2.36. The predicted octanol–water partition coefficient (Wildman–Crippen LogP) is -2.09. The molecule has 2 aromatic rings. The molecule has 9 heteroatoms. The van der Waals surface area contributed by atoms with Crippen LogP contribution >= 0.6 is 0 Å². The molecular formula is C10H11N6O3-. The maximum atomic E-state index is 10.9. The molecule has 0 atom stereocenters. The minimum Gasteiger partial charge on any atom is -0.545 e. The second-order valence-electron chi connectivity index (χ2n) is 4.07. The second kappa shape index (κ2) is 4.35. The Morgan fingerprint density at radius 2 is 2.16 bits per heavy atom. The van der Waals surface area contributed by atoms with Crippen molar-refractivity contribution in [2.24, 2.45) is 0 Å². The SMILES string of the molecule is Nc1c(C(=O)[O-])cnc2nc(N3CCOCC3)nn12. The fraction of sp³-hybridized carbons (Fsp3) is 0.400. The Morgan fingerprint density at radius 3 is 2.84 bits per heavy atom. The minimum atomic E-state index is -1.39. The average molecular weight is 263 g/mol. The number of fused-ring (bicyclic) bond motifs is 1. The summed E-state index contributed by atoms with van der Waals surface area (Å²) < 4.78 is 6.44. The van der Waals surface area contributed by atoms with Gasteiger partial charge in [-0.15, -0.1) is 5.10 Å². The molecular weight excluding hydrogens is 252 g/mol. The van der Waals surface area contributed by atoms with Crippen LogP contribution in [-0.4, -0.2) is 51.9 Å². The van der Waals surface area contributed by atoms with Crippen molar-refractivity contribution in [3.63, 3.8) is 0 Å². The molecule has 19 heavy (non-hydrogen) atoms. The van der Waals surface area contributed by atoms with Gasteiger partial charge in [0.15, 0.2) is 0 Å². The highest BCUT2D eigenvalue weighted by atomic mass is 16.5. The van der Waals surface area contributed by atoms with Crippen molar-refractivity contribution < 1.29 is 14.6 Å². The summed E-state index contributed by atoms with van der Waals surface area (Å²) in [5.74, 6) is -0.727. The maximum Gasteiger partial charge on any atom is 0.255 e. The molecule has 0 bridgehead atoms. The molecule has 1 saturated heterocycles. The molecule has 9 nitrogen and oxygen atoms in total. The fourth-order valence-electron chi connectivity index (χ4n) is 1.90. The topological polar surface area (TPSA) is 122 Å². The van der Waals surface area contributed by atoms with Gasteiger partial charge in [-0.2, -0.15) is 9.50 Å². The van der Waals surface area contributed by atoms with Crippen molar-refractivity contribution in [1.82, 2.24) is 19.6 Å². The van der Waals surface area contributed by atoms with Gasteiger partial charge < -0.3 is 25.3 Å². The summed E-state index contributed by atoms with van der Waals surface area (Å²) in [4.78, 5) is 20.9. The van der Waals surface area contributed by atoms with Crippen LogP contribution in [0.4, 0.5) is 11.8 Å². The van der Waals surface area contributed by atoms with Crippen molar-refractivity contribution in [3.05, 3.63) is 11.8 Å². The van der Waals surface area contributed by atoms with E-state index in [4.69, 9.17) is 10.5 Å². The molecule has 3 rings (SSSR count). The third-order valence-corrected chi connectivity index (χ3v) is 2.91. The molecule has 0 unspecified atom stereocenters. The Kier molecular flexibility index (Phi) is 2.67. The zero-order valence-corrected chi connectivity index (χ0v) is 9.94. The van der Waals surface area contributed by atoms with E-state index >= 15 is 0 Å². The summed E-state index contributed by atoms with van der Waals surface area (Å²) in [5, 5.41) is 15.0. The first-order valence-corrected chi connectivity index (χ1v) is 5.72. The third kappa shape index (κ3) is 1.93. The standard InChI is InChI=1S/C10H12N6O3/c11-7-6(8(17)18)5-12-9-13-10(14-16(7)9)15-1-3-19-4-2-15/h5H,1-4,11H2,(H,17,18)/p-1. The predicted molar refractivity (Wildman–Crippen MR) is 62.6 cm³/mol. The molecule has 1 aliphatic rings. The fourth-order valence-corrected chi connectivity index (χ4v) is 1.90. The van der Waals surface area contributed by atoms with E-state index in [0.717, 1.165) is 6.20 Å². The summed E-state index contributed by atoms with van der Waals surface area (Å²) >= 11 is 0. The van der Waals surface area contributed by atoms with Crippen molar-refractivity contribution in [3.8, 4) is 0 Å². The van der Waals surface area contributed by atoms with Gasteiger partial charge in [-0.1, -0.05) is 0 Å². The van der Waals surface area contributed by atoms with Gasteiger partial charge in [-0.25, -0.2) is 4.98 Å².